The van der Waals surface area contributed by atoms with Crippen LogP contribution in [-0.2, 0) is 19.9 Å². The van der Waals surface area contributed by atoms with E-state index < -0.39 is 24.9 Å². The lowest BCUT2D eigenvalue weighted by Gasteiger charge is -2.08. The minimum Gasteiger partial charge on any atom is -0.228 e. The third-order valence-electron chi connectivity index (χ3n) is 1.34. The maximum absolute atomic E-state index is 11.1. The van der Waals surface area contributed by atoms with E-state index in [0.717, 1.165) is 6.26 Å². The second-order valence-corrected chi connectivity index (χ2v) is 7.94. The van der Waals surface area contributed by atoms with Crippen molar-refractivity contribution in [3.05, 3.63) is 0 Å². The molecule has 0 aliphatic heterocycles. The van der Waals surface area contributed by atoms with Crippen LogP contribution in [-0.4, -0.2) is 40.1 Å². The standard InChI is InChI=1S/C6H14ClNO4S2/c1-3-6(7)4-8-14(11,12)5-13(2,9)10/h6,8H,3-5H2,1-2H3. The molecule has 0 bridgehead atoms. The van der Waals surface area contributed by atoms with E-state index in [0.29, 0.717) is 6.42 Å². The average molecular weight is 264 g/mol. The number of hydrogen-bond acceptors (Lipinski definition) is 4. The normalized spacial score (nSPS) is 15.4. The zero-order chi connectivity index (χ0) is 11.4. The summed E-state index contributed by atoms with van der Waals surface area (Å²) in [6.07, 6.45) is 1.48. The zero-order valence-corrected chi connectivity index (χ0v) is 10.4. The van der Waals surface area contributed by atoms with Gasteiger partial charge >= 0.3 is 0 Å². The molecule has 5 nitrogen and oxygen atoms in total. The van der Waals surface area contributed by atoms with Crippen molar-refractivity contribution in [2.45, 2.75) is 18.7 Å². The Morgan fingerprint density at radius 2 is 1.79 bits per heavy atom. The lowest BCUT2D eigenvalue weighted by molar-refractivity contribution is 0.578. The molecule has 14 heavy (non-hydrogen) atoms. The average Bonchev–Trinajstić information content (AvgIpc) is 1.96. The summed E-state index contributed by atoms with van der Waals surface area (Å²) >= 11 is 5.67. The Bertz CT molecular complexity index is 361. The summed E-state index contributed by atoms with van der Waals surface area (Å²) in [4.78, 5) is 0. The smallest absolute Gasteiger partial charge is 0.226 e. The minimum atomic E-state index is -3.77. The first-order valence-corrected chi connectivity index (χ1v) is 8.10. The molecule has 0 aliphatic carbocycles. The molecule has 0 saturated carbocycles. The lowest BCUT2D eigenvalue weighted by atomic mass is 10.3. The van der Waals surface area contributed by atoms with Crippen LogP contribution >= 0.6 is 11.6 Å². The Labute approximate surface area is 89.8 Å². The van der Waals surface area contributed by atoms with Crippen LogP contribution in [0.2, 0.25) is 0 Å². The quantitative estimate of drug-likeness (QED) is 0.680. The number of sulfone groups is 1. The first-order valence-electron chi connectivity index (χ1n) is 3.95. The van der Waals surface area contributed by atoms with E-state index in [4.69, 9.17) is 11.6 Å². The molecule has 0 aromatic rings. The van der Waals surface area contributed by atoms with Gasteiger partial charge in [-0.25, -0.2) is 21.6 Å². The molecule has 0 amide bonds. The van der Waals surface area contributed by atoms with E-state index >= 15 is 0 Å². The van der Waals surface area contributed by atoms with Crippen molar-refractivity contribution in [2.24, 2.45) is 0 Å². The third-order valence-corrected chi connectivity index (χ3v) is 5.36. The molecular formula is C6H14ClNO4S2. The van der Waals surface area contributed by atoms with E-state index in [9.17, 15) is 16.8 Å². The molecule has 0 rings (SSSR count). The molecule has 8 heteroatoms. The fourth-order valence-corrected chi connectivity index (χ4v) is 3.90. The first-order chi connectivity index (χ1) is 6.16. The highest BCUT2D eigenvalue weighted by Crippen LogP contribution is 2.00. The van der Waals surface area contributed by atoms with Gasteiger partial charge in [0, 0.05) is 18.2 Å². The highest BCUT2D eigenvalue weighted by molar-refractivity contribution is 8.06. The van der Waals surface area contributed by atoms with Gasteiger partial charge in [0.1, 0.15) is 0 Å². The zero-order valence-electron chi connectivity index (χ0n) is 8.03. The van der Waals surface area contributed by atoms with Crippen LogP contribution in [0.15, 0.2) is 0 Å². The molecule has 0 radical (unpaired) electrons. The monoisotopic (exact) mass is 263 g/mol. The summed E-state index contributed by atoms with van der Waals surface area (Å²) in [6, 6.07) is 0. The molecule has 0 aromatic carbocycles. The third kappa shape index (κ3) is 7.54. The van der Waals surface area contributed by atoms with Crippen molar-refractivity contribution in [1.82, 2.24) is 4.72 Å². The first kappa shape index (κ1) is 14.2. The SMILES string of the molecule is CCC(Cl)CNS(=O)(=O)CS(C)(=O)=O. The highest BCUT2D eigenvalue weighted by Gasteiger charge is 2.18. The van der Waals surface area contributed by atoms with Gasteiger partial charge in [-0.1, -0.05) is 6.92 Å². The van der Waals surface area contributed by atoms with Crippen molar-refractivity contribution in [2.75, 3.05) is 17.9 Å². The van der Waals surface area contributed by atoms with Crippen molar-refractivity contribution in [3.63, 3.8) is 0 Å². The molecule has 0 fully saturated rings. The van der Waals surface area contributed by atoms with Crippen molar-refractivity contribution >= 4 is 31.5 Å². The van der Waals surface area contributed by atoms with Gasteiger partial charge in [-0.05, 0) is 6.42 Å². The largest absolute Gasteiger partial charge is 0.228 e. The van der Waals surface area contributed by atoms with Crippen molar-refractivity contribution < 1.29 is 16.8 Å². The topological polar surface area (TPSA) is 80.3 Å². The fraction of sp³-hybridized carbons (Fsp3) is 1.00. The van der Waals surface area contributed by atoms with Crippen LogP contribution in [0.4, 0.5) is 0 Å². The predicted molar refractivity (Wildman–Crippen MR) is 56.6 cm³/mol. The summed E-state index contributed by atoms with van der Waals surface area (Å²) in [6.45, 7) is 1.86. The molecule has 0 aromatic heterocycles. The summed E-state index contributed by atoms with van der Waals surface area (Å²) < 4.78 is 45.8. The Kier molecular flexibility index (Phi) is 5.35. The predicted octanol–water partition coefficient (Wildman–Crippen LogP) is -0.0747. The lowest BCUT2D eigenvalue weighted by Crippen LogP contribution is -2.33. The van der Waals surface area contributed by atoms with Crippen molar-refractivity contribution in [3.8, 4) is 0 Å². The second kappa shape index (κ2) is 5.29. The van der Waals surface area contributed by atoms with E-state index in [1.165, 1.54) is 0 Å². The Morgan fingerprint density at radius 1 is 1.29 bits per heavy atom. The van der Waals surface area contributed by atoms with Crippen molar-refractivity contribution in [1.29, 1.82) is 0 Å². The molecule has 1 N–H and O–H groups in total. The maximum Gasteiger partial charge on any atom is 0.226 e. The molecule has 0 heterocycles. The van der Waals surface area contributed by atoms with Gasteiger partial charge in [0.25, 0.3) is 0 Å². The van der Waals surface area contributed by atoms with Gasteiger partial charge in [-0.15, -0.1) is 11.6 Å². The van der Waals surface area contributed by atoms with Gasteiger partial charge in [0.15, 0.2) is 14.9 Å². The van der Waals surface area contributed by atoms with Crippen LogP contribution in [0.25, 0.3) is 0 Å². The Morgan fingerprint density at radius 3 is 2.14 bits per heavy atom. The summed E-state index contributed by atoms with van der Waals surface area (Å²) in [5.74, 6) is 0. The molecule has 1 unspecified atom stereocenters. The van der Waals surface area contributed by atoms with Gasteiger partial charge in [-0.2, -0.15) is 0 Å². The van der Waals surface area contributed by atoms with Crippen LogP contribution in [0.1, 0.15) is 13.3 Å². The summed E-state index contributed by atoms with van der Waals surface area (Å²) in [5.41, 5.74) is 0. The Balaban J connectivity index is 4.24. The number of sulfonamides is 1. The Hall–Kier alpha value is 0.150. The van der Waals surface area contributed by atoms with Crippen LogP contribution in [0.5, 0.6) is 0 Å². The number of alkyl halides is 1. The second-order valence-electron chi connectivity index (χ2n) is 3.01. The van der Waals surface area contributed by atoms with Crippen LogP contribution in [0, 0.1) is 0 Å². The van der Waals surface area contributed by atoms with E-state index in [1.54, 1.807) is 0 Å². The maximum atomic E-state index is 11.1. The van der Waals surface area contributed by atoms with Gasteiger partial charge in [0.2, 0.25) is 10.0 Å². The van der Waals surface area contributed by atoms with Gasteiger partial charge in [-0.3, -0.25) is 0 Å². The number of halogens is 1. The molecule has 0 saturated heterocycles. The van der Waals surface area contributed by atoms with Crippen LogP contribution in [0.3, 0.4) is 0 Å². The molecule has 1 atom stereocenters. The fourth-order valence-electron chi connectivity index (χ4n) is 0.685. The van der Waals surface area contributed by atoms with E-state index in [1.807, 2.05) is 6.92 Å². The molecule has 0 aliphatic rings. The van der Waals surface area contributed by atoms with Gasteiger partial charge < -0.3 is 0 Å². The molecular weight excluding hydrogens is 250 g/mol. The van der Waals surface area contributed by atoms with E-state index in [-0.39, 0.29) is 11.9 Å². The highest BCUT2D eigenvalue weighted by atomic mass is 35.5. The summed E-state index contributed by atoms with van der Waals surface area (Å²) in [7, 11) is -7.30. The molecule has 86 valence electrons. The van der Waals surface area contributed by atoms with E-state index in [2.05, 4.69) is 4.72 Å². The summed E-state index contributed by atoms with van der Waals surface area (Å²) in [5, 5.41) is -1.21. The van der Waals surface area contributed by atoms with Crippen LogP contribution < -0.4 is 4.72 Å². The number of nitrogens with one attached hydrogen (secondary N) is 1. The minimum absolute atomic E-state index is 0.0515. The number of hydrogen-bond donors (Lipinski definition) is 1. The molecule has 0 spiro atoms. The van der Waals surface area contributed by atoms with Gasteiger partial charge in [0.05, 0.1) is 0 Å². The number of rotatable bonds is 6.